The Balaban J connectivity index is 2.46. The molecule has 0 spiro atoms. The van der Waals surface area contributed by atoms with Gasteiger partial charge in [0, 0.05) is 15.4 Å². The molecular formula is C16H18N2S. The minimum Gasteiger partial charge on any atom is -0.384 e. The maximum atomic E-state index is 7.69. The predicted octanol–water partition coefficient (Wildman–Crippen LogP) is 4.05. The number of rotatable bonds is 3. The minimum atomic E-state index is 0.121. The molecule has 0 saturated carbocycles. The maximum absolute atomic E-state index is 7.69. The van der Waals surface area contributed by atoms with E-state index in [1.165, 1.54) is 16.0 Å². The van der Waals surface area contributed by atoms with E-state index in [1.807, 2.05) is 12.1 Å². The van der Waals surface area contributed by atoms with Gasteiger partial charge >= 0.3 is 0 Å². The fourth-order valence-electron chi connectivity index (χ4n) is 2.02. The highest BCUT2D eigenvalue weighted by Crippen LogP contribution is 2.35. The molecule has 0 bridgehead atoms. The molecule has 0 fully saturated rings. The molecule has 0 aliphatic rings. The summed E-state index contributed by atoms with van der Waals surface area (Å²) >= 11 is 1.68. The van der Waals surface area contributed by atoms with Crippen LogP contribution in [-0.4, -0.2) is 5.84 Å². The smallest absolute Gasteiger partial charge is 0.123 e. The van der Waals surface area contributed by atoms with Gasteiger partial charge in [0.05, 0.1) is 0 Å². The van der Waals surface area contributed by atoms with Crippen LogP contribution in [0.2, 0.25) is 0 Å². The van der Waals surface area contributed by atoms with Gasteiger partial charge in [0.15, 0.2) is 0 Å². The second kappa shape index (κ2) is 5.49. The summed E-state index contributed by atoms with van der Waals surface area (Å²) in [5.74, 6) is 0.121. The first-order valence-corrected chi connectivity index (χ1v) is 7.00. The Morgan fingerprint density at radius 1 is 1.05 bits per heavy atom. The van der Waals surface area contributed by atoms with Crippen LogP contribution in [0.3, 0.4) is 0 Å². The zero-order chi connectivity index (χ0) is 14.0. The second-order valence-electron chi connectivity index (χ2n) is 4.74. The number of hydrogen-bond acceptors (Lipinski definition) is 2. The standard InChI is InChI=1S/C16H18N2S/c1-10-7-8-14(12(3)9-10)19-15-11(2)5-4-6-13(15)16(17)18/h4-9H,1-3H3,(H3,17,18). The molecule has 3 heteroatoms. The molecule has 0 amide bonds. The van der Waals surface area contributed by atoms with Gasteiger partial charge < -0.3 is 5.73 Å². The zero-order valence-corrected chi connectivity index (χ0v) is 12.3. The van der Waals surface area contributed by atoms with E-state index in [2.05, 4.69) is 45.0 Å². The van der Waals surface area contributed by atoms with Crippen molar-refractivity contribution in [2.24, 2.45) is 5.73 Å². The number of hydrogen-bond donors (Lipinski definition) is 2. The molecule has 19 heavy (non-hydrogen) atoms. The third-order valence-corrected chi connectivity index (χ3v) is 4.47. The largest absolute Gasteiger partial charge is 0.384 e. The molecule has 0 saturated heterocycles. The zero-order valence-electron chi connectivity index (χ0n) is 11.4. The molecule has 0 atom stereocenters. The van der Waals surface area contributed by atoms with Gasteiger partial charge in [0.2, 0.25) is 0 Å². The quantitative estimate of drug-likeness (QED) is 0.653. The van der Waals surface area contributed by atoms with E-state index in [-0.39, 0.29) is 5.84 Å². The lowest BCUT2D eigenvalue weighted by Crippen LogP contribution is -2.12. The molecule has 0 radical (unpaired) electrons. The molecule has 98 valence electrons. The predicted molar refractivity (Wildman–Crippen MR) is 82.2 cm³/mol. The first-order valence-electron chi connectivity index (χ1n) is 6.18. The Kier molecular flexibility index (Phi) is 3.96. The number of aryl methyl sites for hydroxylation is 3. The van der Waals surface area contributed by atoms with Gasteiger partial charge in [-0.25, -0.2) is 0 Å². The van der Waals surface area contributed by atoms with Crippen LogP contribution >= 0.6 is 11.8 Å². The highest BCUT2D eigenvalue weighted by Gasteiger charge is 2.11. The van der Waals surface area contributed by atoms with Crippen LogP contribution in [0.4, 0.5) is 0 Å². The Morgan fingerprint density at radius 2 is 1.79 bits per heavy atom. The number of nitrogen functional groups attached to an aromatic ring is 1. The van der Waals surface area contributed by atoms with Gasteiger partial charge in [0.25, 0.3) is 0 Å². The highest BCUT2D eigenvalue weighted by molar-refractivity contribution is 7.99. The molecule has 3 N–H and O–H groups in total. The van der Waals surface area contributed by atoms with Crippen molar-refractivity contribution in [3.8, 4) is 0 Å². The van der Waals surface area contributed by atoms with Crippen molar-refractivity contribution < 1.29 is 0 Å². The van der Waals surface area contributed by atoms with Crippen molar-refractivity contribution in [1.82, 2.24) is 0 Å². The van der Waals surface area contributed by atoms with E-state index >= 15 is 0 Å². The Hall–Kier alpha value is -1.74. The molecule has 0 aliphatic carbocycles. The summed E-state index contributed by atoms with van der Waals surface area (Å²) < 4.78 is 0. The molecule has 0 heterocycles. The van der Waals surface area contributed by atoms with Crippen molar-refractivity contribution >= 4 is 17.6 Å². The lowest BCUT2D eigenvalue weighted by molar-refractivity contribution is 1.22. The number of nitrogens with two attached hydrogens (primary N) is 1. The van der Waals surface area contributed by atoms with Gasteiger partial charge in [0.1, 0.15) is 5.84 Å². The average Bonchev–Trinajstić information content (AvgIpc) is 2.34. The van der Waals surface area contributed by atoms with Crippen molar-refractivity contribution in [3.05, 3.63) is 58.7 Å². The maximum Gasteiger partial charge on any atom is 0.123 e. The summed E-state index contributed by atoms with van der Waals surface area (Å²) in [6.45, 7) is 6.26. The average molecular weight is 270 g/mol. The first-order chi connectivity index (χ1) is 8.99. The molecule has 2 nitrogen and oxygen atoms in total. The third-order valence-electron chi connectivity index (χ3n) is 3.04. The van der Waals surface area contributed by atoms with Crippen molar-refractivity contribution in [3.63, 3.8) is 0 Å². The summed E-state index contributed by atoms with van der Waals surface area (Å²) in [7, 11) is 0. The van der Waals surface area contributed by atoms with Crippen molar-refractivity contribution in [1.29, 1.82) is 5.41 Å². The normalized spacial score (nSPS) is 10.5. The van der Waals surface area contributed by atoms with E-state index in [1.54, 1.807) is 11.8 Å². The van der Waals surface area contributed by atoms with Crippen LogP contribution in [0.1, 0.15) is 22.3 Å². The van der Waals surface area contributed by atoms with E-state index in [4.69, 9.17) is 11.1 Å². The summed E-state index contributed by atoms with van der Waals surface area (Å²) in [5.41, 5.74) is 10.1. The topological polar surface area (TPSA) is 49.9 Å². The van der Waals surface area contributed by atoms with E-state index in [9.17, 15) is 0 Å². The fourth-order valence-corrected chi connectivity index (χ4v) is 3.12. The van der Waals surface area contributed by atoms with Crippen LogP contribution in [0.15, 0.2) is 46.2 Å². The lowest BCUT2D eigenvalue weighted by atomic mass is 10.1. The lowest BCUT2D eigenvalue weighted by Gasteiger charge is -2.13. The van der Waals surface area contributed by atoms with Crippen LogP contribution < -0.4 is 5.73 Å². The van der Waals surface area contributed by atoms with Gasteiger partial charge in [-0.2, -0.15) is 0 Å². The summed E-state index contributed by atoms with van der Waals surface area (Å²) in [6, 6.07) is 12.3. The minimum absolute atomic E-state index is 0.121. The molecule has 2 aromatic rings. The highest BCUT2D eigenvalue weighted by atomic mass is 32.2. The summed E-state index contributed by atoms with van der Waals surface area (Å²) in [5, 5.41) is 7.69. The van der Waals surface area contributed by atoms with E-state index < -0.39 is 0 Å². The van der Waals surface area contributed by atoms with Gasteiger partial charge in [-0.1, -0.05) is 47.7 Å². The number of benzene rings is 2. The van der Waals surface area contributed by atoms with Gasteiger partial charge in [-0.3, -0.25) is 5.41 Å². The fraction of sp³-hybridized carbons (Fsp3) is 0.188. The Morgan fingerprint density at radius 3 is 2.42 bits per heavy atom. The monoisotopic (exact) mass is 270 g/mol. The SMILES string of the molecule is Cc1ccc(Sc2c(C)cccc2C(=N)N)c(C)c1. The van der Waals surface area contributed by atoms with Crippen LogP contribution in [0.5, 0.6) is 0 Å². The second-order valence-corrected chi connectivity index (χ2v) is 5.79. The third kappa shape index (κ3) is 2.99. The van der Waals surface area contributed by atoms with Crippen molar-refractivity contribution in [2.45, 2.75) is 30.6 Å². The Labute approximate surface area is 118 Å². The molecule has 0 aliphatic heterocycles. The number of nitrogens with one attached hydrogen (secondary N) is 1. The van der Waals surface area contributed by atoms with Crippen LogP contribution in [0, 0.1) is 26.2 Å². The molecule has 2 aromatic carbocycles. The van der Waals surface area contributed by atoms with Gasteiger partial charge in [-0.15, -0.1) is 0 Å². The molecule has 0 unspecified atom stereocenters. The van der Waals surface area contributed by atoms with Gasteiger partial charge in [-0.05, 0) is 38.0 Å². The van der Waals surface area contributed by atoms with E-state index in [0.29, 0.717) is 0 Å². The van der Waals surface area contributed by atoms with Crippen LogP contribution in [-0.2, 0) is 0 Å². The summed E-state index contributed by atoms with van der Waals surface area (Å²) in [6.07, 6.45) is 0. The Bertz CT molecular complexity index is 633. The van der Waals surface area contributed by atoms with E-state index in [0.717, 1.165) is 16.0 Å². The molecular weight excluding hydrogens is 252 g/mol. The molecule has 2 rings (SSSR count). The first kappa shape index (κ1) is 13.7. The summed E-state index contributed by atoms with van der Waals surface area (Å²) in [4.78, 5) is 2.28. The van der Waals surface area contributed by atoms with Crippen LogP contribution in [0.25, 0.3) is 0 Å². The number of amidine groups is 1. The molecule has 0 aromatic heterocycles. The van der Waals surface area contributed by atoms with Crippen molar-refractivity contribution in [2.75, 3.05) is 0 Å².